The van der Waals surface area contributed by atoms with Crippen LogP contribution in [0.2, 0.25) is 0 Å². The third kappa shape index (κ3) is 5.75. The molecule has 4 aromatic heterocycles. The van der Waals surface area contributed by atoms with Gasteiger partial charge in [0.25, 0.3) is 0 Å². The van der Waals surface area contributed by atoms with Crippen LogP contribution >= 0.6 is 0 Å². The van der Waals surface area contributed by atoms with Crippen molar-refractivity contribution in [2.45, 2.75) is 0 Å². The zero-order chi connectivity index (χ0) is 42.1. The molecule has 0 aliphatic heterocycles. The predicted octanol–water partition coefficient (Wildman–Crippen LogP) is 15.5. The molecule has 64 heavy (non-hydrogen) atoms. The predicted molar refractivity (Wildman–Crippen MR) is 264 cm³/mol. The lowest BCUT2D eigenvalue weighted by Crippen LogP contribution is -1.98. The molecule has 5 nitrogen and oxygen atoms in total. The van der Waals surface area contributed by atoms with Gasteiger partial charge in [0.2, 0.25) is 0 Å². The van der Waals surface area contributed by atoms with Gasteiger partial charge in [0, 0.05) is 71.2 Å². The second kappa shape index (κ2) is 14.5. The van der Waals surface area contributed by atoms with Gasteiger partial charge in [0.15, 0.2) is 5.82 Å². The van der Waals surface area contributed by atoms with E-state index in [0.717, 1.165) is 111 Å². The smallest absolute Gasteiger partial charge is 0.160 e. The van der Waals surface area contributed by atoms with Gasteiger partial charge in [-0.05, 0) is 60.2 Å². The first-order valence-electron chi connectivity index (χ1n) is 21.6. The van der Waals surface area contributed by atoms with E-state index in [-0.39, 0.29) is 0 Å². The molecule has 13 aromatic rings. The van der Waals surface area contributed by atoms with E-state index in [2.05, 4.69) is 205 Å². The fourth-order valence-electron chi connectivity index (χ4n) is 9.72. The first-order valence-corrected chi connectivity index (χ1v) is 21.6. The van der Waals surface area contributed by atoms with Gasteiger partial charge in [-0.1, -0.05) is 164 Å². The average Bonchev–Trinajstić information content (AvgIpc) is 3.91. The average molecular weight is 817 g/mol. The second-order valence-corrected chi connectivity index (χ2v) is 16.3. The number of aromatic nitrogens is 4. The molecule has 298 valence electrons. The molecule has 0 saturated heterocycles. The van der Waals surface area contributed by atoms with E-state index in [9.17, 15) is 0 Å². The molecule has 4 heterocycles. The van der Waals surface area contributed by atoms with Gasteiger partial charge in [-0.3, -0.25) is 0 Å². The highest BCUT2D eigenvalue weighted by molar-refractivity contribution is 6.27. The molecule has 0 bridgehead atoms. The van der Waals surface area contributed by atoms with Gasteiger partial charge >= 0.3 is 0 Å². The lowest BCUT2D eigenvalue weighted by atomic mass is 9.89. The van der Waals surface area contributed by atoms with Crippen LogP contribution in [0.3, 0.4) is 0 Å². The van der Waals surface area contributed by atoms with Crippen LogP contribution in [0.1, 0.15) is 0 Å². The lowest BCUT2D eigenvalue weighted by Gasteiger charge is -2.16. The van der Waals surface area contributed by atoms with Crippen molar-refractivity contribution in [1.29, 1.82) is 0 Å². The quantitative estimate of drug-likeness (QED) is 0.157. The van der Waals surface area contributed by atoms with Crippen LogP contribution in [0, 0.1) is 0 Å². The number of hydrogen-bond donors (Lipinski definition) is 0. The molecule has 0 saturated carbocycles. The second-order valence-electron chi connectivity index (χ2n) is 16.3. The molecule has 0 aliphatic rings. The summed E-state index contributed by atoms with van der Waals surface area (Å²) in [6.45, 7) is 0. The Labute approximate surface area is 368 Å². The largest absolute Gasteiger partial charge is 0.456 e. The third-order valence-corrected chi connectivity index (χ3v) is 12.6. The van der Waals surface area contributed by atoms with E-state index in [1.165, 1.54) is 10.8 Å². The van der Waals surface area contributed by atoms with Gasteiger partial charge in [-0.25, -0.2) is 15.0 Å². The van der Waals surface area contributed by atoms with Gasteiger partial charge < -0.3 is 8.98 Å². The summed E-state index contributed by atoms with van der Waals surface area (Å²) < 4.78 is 9.00. The maximum absolute atomic E-state index is 6.65. The number of fused-ring (bicyclic) bond motifs is 9. The summed E-state index contributed by atoms with van der Waals surface area (Å²) in [5, 5.41) is 7.90. The minimum Gasteiger partial charge on any atom is -0.456 e. The van der Waals surface area contributed by atoms with E-state index in [1.54, 1.807) is 0 Å². The molecule has 0 unspecified atom stereocenters. The minimum absolute atomic E-state index is 0.634. The number of nitrogens with zero attached hydrogens (tertiary/aromatic N) is 4. The topological polar surface area (TPSA) is 56.7 Å². The Morgan fingerprint density at radius 1 is 0.344 bits per heavy atom. The Morgan fingerprint density at radius 3 is 1.69 bits per heavy atom. The van der Waals surface area contributed by atoms with Crippen molar-refractivity contribution in [3.05, 3.63) is 218 Å². The Kier molecular flexibility index (Phi) is 8.15. The fourth-order valence-corrected chi connectivity index (χ4v) is 9.72. The van der Waals surface area contributed by atoms with Gasteiger partial charge in [0.1, 0.15) is 11.2 Å². The molecule has 0 aliphatic carbocycles. The number of hydrogen-bond acceptors (Lipinski definition) is 4. The zero-order valence-electron chi connectivity index (χ0n) is 34.5. The maximum Gasteiger partial charge on any atom is 0.160 e. The van der Waals surface area contributed by atoms with Crippen molar-refractivity contribution >= 4 is 65.4 Å². The summed E-state index contributed by atoms with van der Waals surface area (Å²) in [6, 6.07) is 76.5. The number of furan rings is 1. The molecule has 0 atom stereocenters. The maximum atomic E-state index is 6.65. The first kappa shape index (κ1) is 36.0. The summed E-state index contributed by atoms with van der Waals surface area (Å²) in [5.74, 6) is 0.634. The van der Waals surface area contributed by atoms with Crippen LogP contribution in [-0.4, -0.2) is 19.5 Å². The molecule has 0 fully saturated rings. The van der Waals surface area contributed by atoms with E-state index >= 15 is 0 Å². The molecule has 5 heteroatoms. The minimum atomic E-state index is 0.634. The van der Waals surface area contributed by atoms with Crippen molar-refractivity contribution in [2.24, 2.45) is 0 Å². The number of benzene rings is 9. The zero-order valence-corrected chi connectivity index (χ0v) is 34.5. The van der Waals surface area contributed by atoms with Gasteiger partial charge in [-0.15, -0.1) is 0 Å². The molecule has 0 radical (unpaired) electrons. The van der Waals surface area contributed by atoms with E-state index < -0.39 is 0 Å². The van der Waals surface area contributed by atoms with Crippen molar-refractivity contribution < 1.29 is 4.42 Å². The molecule has 13 rings (SSSR count). The number of rotatable bonds is 6. The molecular weight excluding hydrogens is 781 g/mol. The normalized spacial score (nSPS) is 11.8. The third-order valence-electron chi connectivity index (χ3n) is 12.6. The van der Waals surface area contributed by atoms with Crippen LogP contribution in [0.4, 0.5) is 0 Å². The summed E-state index contributed by atoms with van der Waals surface area (Å²) in [6.07, 6.45) is 0. The Morgan fingerprint density at radius 2 is 0.922 bits per heavy atom. The standard InChI is InChI=1S/C59H36N4O/c1-3-17-37(18-4-1)49-36-50(39-21-16-24-42(34-39)63-51-30-12-8-25-43(51)44-26-9-13-31-52(44)63)62-59(61-49)41-23-15-22-40(33-41)58-47-35-54-57(46-28-10-14-32-53(46)64-54)55(38-19-5-2-6-20-38)56(47)45-27-7-11-29-48(45)60-58/h1-36H. The Bertz CT molecular complexity index is 3910. The monoisotopic (exact) mass is 816 g/mol. The van der Waals surface area contributed by atoms with Crippen LogP contribution in [0.5, 0.6) is 0 Å². The summed E-state index contributed by atoms with van der Waals surface area (Å²) in [7, 11) is 0. The SMILES string of the molecule is c1ccc(-c2cc(-c3cccc(-n4c5ccccc5c5ccccc54)c3)nc(-c3cccc(-c4nc5ccccc5c5c(-c6ccccc6)c6c(cc45)oc4ccccc46)c3)n2)cc1. The first-order chi connectivity index (χ1) is 31.7. The van der Waals surface area contributed by atoms with Crippen molar-refractivity contribution in [2.75, 3.05) is 0 Å². The highest BCUT2D eigenvalue weighted by Crippen LogP contribution is 2.46. The molecule has 0 spiro atoms. The van der Waals surface area contributed by atoms with Crippen LogP contribution in [0.25, 0.3) is 127 Å². The lowest BCUT2D eigenvalue weighted by molar-refractivity contribution is 0.669. The summed E-state index contributed by atoms with van der Waals surface area (Å²) in [4.78, 5) is 16.1. The highest BCUT2D eigenvalue weighted by Gasteiger charge is 2.22. The van der Waals surface area contributed by atoms with Gasteiger partial charge in [-0.2, -0.15) is 0 Å². The van der Waals surface area contributed by atoms with Gasteiger partial charge in [0.05, 0.1) is 33.6 Å². The van der Waals surface area contributed by atoms with E-state index in [4.69, 9.17) is 19.4 Å². The van der Waals surface area contributed by atoms with Crippen molar-refractivity contribution in [3.8, 4) is 62.0 Å². The van der Waals surface area contributed by atoms with E-state index in [0.29, 0.717) is 5.82 Å². The number of para-hydroxylation sites is 4. The molecule has 0 amide bonds. The summed E-state index contributed by atoms with van der Waals surface area (Å²) >= 11 is 0. The van der Waals surface area contributed by atoms with Crippen LogP contribution in [0.15, 0.2) is 223 Å². The summed E-state index contributed by atoms with van der Waals surface area (Å²) in [5.41, 5.74) is 14.7. The molecule has 9 aromatic carbocycles. The molecular formula is C59H36N4O. The number of pyridine rings is 1. The molecule has 0 N–H and O–H groups in total. The Balaban J connectivity index is 1.02. The highest BCUT2D eigenvalue weighted by atomic mass is 16.3. The fraction of sp³-hybridized carbons (Fsp3) is 0. The van der Waals surface area contributed by atoms with Crippen LogP contribution < -0.4 is 0 Å². The van der Waals surface area contributed by atoms with Crippen molar-refractivity contribution in [1.82, 2.24) is 19.5 Å². The Hall–Kier alpha value is -8.67. The van der Waals surface area contributed by atoms with Crippen LogP contribution in [-0.2, 0) is 0 Å². The van der Waals surface area contributed by atoms with Crippen molar-refractivity contribution in [3.63, 3.8) is 0 Å². The van der Waals surface area contributed by atoms with E-state index in [1.807, 2.05) is 18.2 Å².